The SMILES string of the molecule is CNC(C)CC(=N)CS(=O)[O-]. The minimum atomic E-state index is -2.12. The van der Waals surface area contributed by atoms with E-state index in [9.17, 15) is 8.76 Å². The van der Waals surface area contributed by atoms with Gasteiger partial charge in [0.25, 0.3) is 0 Å². The molecule has 2 atom stereocenters. The zero-order valence-corrected chi connectivity index (χ0v) is 7.53. The van der Waals surface area contributed by atoms with Crippen LogP contribution < -0.4 is 5.32 Å². The van der Waals surface area contributed by atoms with Crippen LogP contribution in [0.3, 0.4) is 0 Å². The topological polar surface area (TPSA) is 76.0 Å². The van der Waals surface area contributed by atoms with Crippen LogP contribution in [0.15, 0.2) is 0 Å². The fourth-order valence-electron chi connectivity index (χ4n) is 0.673. The predicted molar refractivity (Wildman–Crippen MR) is 44.7 cm³/mol. The maximum absolute atomic E-state index is 10.1. The predicted octanol–water partition coefficient (Wildman–Crippen LogP) is -0.117. The molecule has 0 aliphatic heterocycles. The van der Waals surface area contributed by atoms with Gasteiger partial charge in [-0.3, -0.25) is 4.21 Å². The van der Waals surface area contributed by atoms with Crippen molar-refractivity contribution in [1.29, 1.82) is 5.41 Å². The summed E-state index contributed by atoms with van der Waals surface area (Å²) in [6, 6.07) is 0.172. The molecule has 0 heterocycles. The zero-order valence-electron chi connectivity index (χ0n) is 6.72. The summed E-state index contributed by atoms with van der Waals surface area (Å²) in [7, 11) is 1.78. The molecule has 0 aliphatic carbocycles. The van der Waals surface area contributed by atoms with E-state index in [4.69, 9.17) is 5.41 Å². The van der Waals surface area contributed by atoms with Crippen molar-refractivity contribution in [3.63, 3.8) is 0 Å². The van der Waals surface area contributed by atoms with E-state index in [1.165, 1.54) is 0 Å². The summed E-state index contributed by atoms with van der Waals surface area (Å²) < 4.78 is 20.2. The van der Waals surface area contributed by atoms with Crippen molar-refractivity contribution >= 4 is 16.8 Å². The second-order valence-electron chi connectivity index (χ2n) is 2.45. The normalized spacial score (nSPS) is 15.9. The van der Waals surface area contributed by atoms with E-state index in [0.717, 1.165) is 0 Å². The third-order valence-electron chi connectivity index (χ3n) is 1.34. The average Bonchev–Trinajstić information content (AvgIpc) is 1.85. The summed E-state index contributed by atoms with van der Waals surface area (Å²) in [5.74, 6) is -0.147. The second-order valence-corrected chi connectivity index (χ2v) is 3.34. The first-order valence-electron chi connectivity index (χ1n) is 3.35. The first-order valence-corrected chi connectivity index (χ1v) is 4.60. The van der Waals surface area contributed by atoms with Crippen LogP contribution in [0.4, 0.5) is 0 Å². The fourth-order valence-corrected chi connectivity index (χ4v) is 1.08. The Bertz CT molecular complexity index is 161. The molecule has 2 N–H and O–H groups in total. The van der Waals surface area contributed by atoms with Gasteiger partial charge < -0.3 is 15.3 Å². The highest BCUT2D eigenvalue weighted by atomic mass is 32.2. The van der Waals surface area contributed by atoms with Gasteiger partial charge >= 0.3 is 0 Å². The third-order valence-corrected chi connectivity index (χ3v) is 1.92. The zero-order chi connectivity index (χ0) is 8.85. The van der Waals surface area contributed by atoms with Crippen LogP contribution in [0.25, 0.3) is 0 Å². The van der Waals surface area contributed by atoms with Gasteiger partial charge in [0.2, 0.25) is 0 Å². The largest absolute Gasteiger partial charge is 0.772 e. The Morgan fingerprint density at radius 2 is 2.36 bits per heavy atom. The summed E-state index contributed by atoms with van der Waals surface area (Å²) in [6.45, 7) is 1.91. The number of rotatable bonds is 5. The Morgan fingerprint density at radius 1 is 1.82 bits per heavy atom. The molecular weight excluding hydrogens is 164 g/mol. The van der Waals surface area contributed by atoms with Crippen molar-refractivity contribution in [3.8, 4) is 0 Å². The van der Waals surface area contributed by atoms with E-state index in [2.05, 4.69) is 5.32 Å². The monoisotopic (exact) mass is 177 g/mol. The van der Waals surface area contributed by atoms with Crippen LogP contribution in [0.1, 0.15) is 13.3 Å². The van der Waals surface area contributed by atoms with Gasteiger partial charge in [-0.25, -0.2) is 0 Å². The molecule has 0 saturated carbocycles. The third kappa shape index (κ3) is 6.15. The van der Waals surface area contributed by atoms with Crippen LogP contribution in [-0.2, 0) is 11.1 Å². The van der Waals surface area contributed by atoms with Gasteiger partial charge in [-0.05, 0) is 25.1 Å². The van der Waals surface area contributed by atoms with Gasteiger partial charge in [0, 0.05) is 23.9 Å². The molecule has 0 rings (SSSR count). The number of hydrogen-bond acceptors (Lipinski definition) is 4. The van der Waals surface area contributed by atoms with Crippen molar-refractivity contribution in [1.82, 2.24) is 5.32 Å². The van der Waals surface area contributed by atoms with Crippen LogP contribution in [-0.4, -0.2) is 33.3 Å². The fraction of sp³-hybridized carbons (Fsp3) is 0.833. The molecule has 0 aromatic rings. The van der Waals surface area contributed by atoms with Crippen molar-refractivity contribution in [2.45, 2.75) is 19.4 Å². The Balaban J connectivity index is 3.60. The molecule has 0 saturated heterocycles. The lowest BCUT2D eigenvalue weighted by Crippen LogP contribution is -2.26. The summed E-state index contributed by atoms with van der Waals surface area (Å²) >= 11 is -2.12. The van der Waals surface area contributed by atoms with E-state index in [1.54, 1.807) is 7.05 Å². The van der Waals surface area contributed by atoms with Crippen LogP contribution >= 0.6 is 0 Å². The first-order chi connectivity index (χ1) is 5.06. The molecule has 4 nitrogen and oxygen atoms in total. The second kappa shape index (κ2) is 5.40. The van der Waals surface area contributed by atoms with Gasteiger partial charge in [-0.1, -0.05) is 0 Å². The van der Waals surface area contributed by atoms with Crippen LogP contribution in [0.2, 0.25) is 0 Å². The van der Waals surface area contributed by atoms with Gasteiger partial charge in [-0.2, -0.15) is 0 Å². The van der Waals surface area contributed by atoms with Crippen LogP contribution in [0, 0.1) is 5.41 Å². The van der Waals surface area contributed by atoms with Gasteiger partial charge in [0.05, 0.1) is 0 Å². The van der Waals surface area contributed by atoms with Gasteiger partial charge in [0.15, 0.2) is 0 Å². The van der Waals surface area contributed by atoms with Crippen molar-refractivity contribution in [2.24, 2.45) is 0 Å². The molecule has 66 valence electrons. The minimum Gasteiger partial charge on any atom is -0.772 e. The smallest absolute Gasteiger partial charge is 0.0480 e. The standard InChI is InChI=1S/C6H14N2O2S/c1-5(8-2)3-6(7)4-11(9)10/h5,7-8H,3-4H2,1-2H3,(H,9,10)/p-1. The highest BCUT2D eigenvalue weighted by Gasteiger charge is 2.02. The molecule has 0 fully saturated rings. The lowest BCUT2D eigenvalue weighted by Gasteiger charge is -2.11. The van der Waals surface area contributed by atoms with Crippen molar-refractivity contribution in [2.75, 3.05) is 12.8 Å². The van der Waals surface area contributed by atoms with E-state index in [0.29, 0.717) is 6.42 Å². The average molecular weight is 177 g/mol. The molecule has 5 heteroatoms. The maximum atomic E-state index is 10.1. The number of hydrogen-bond donors (Lipinski definition) is 2. The molecule has 0 aromatic carbocycles. The molecular formula is C6H13N2O2S-. The Labute approximate surface area is 69.2 Å². The minimum absolute atomic E-state index is 0.147. The van der Waals surface area contributed by atoms with E-state index in [1.807, 2.05) is 6.92 Å². The Kier molecular flexibility index (Phi) is 5.27. The van der Waals surface area contributed by atoms with E-state index in [-0.39, 0.29) is 17.5 Å². The molecule has 0 aliphatic rings. The highest BCUT2D eigenvalue weighted by molar-refractivity contribution is 7.79. The summed E-state index contributed by atoms with van der Waals surface area (Å²) in [5.41, 5.74) is 0.250. The van der Waals surface area contributed by atoms with Gasteiger partial charge in [0.1, 0.15) is 0 Å². The summed E-state index contributed by atoms with van der Waals surface area (Å²) in [5, 5.41) is 10.1. The van der Waals surface area contributed by atoms with E-state index >= 15 is 0 Å². The first kappa shape index (κ1) is 10.7. The molecule has 0 amide bonds. The lowest BCUT2D eigenvalue weighted by atomic mass is 10.2. The maximum Gasteiger partial charge on any atom is 0.0480 e. The molecule has 11 heavy (non-hydrogen) atoms. The molecule has 0 radical (unpaired) electrons. The quantitative estimate of drug-likeness (QED) is 0.454. The molecule has 2 unspecified atom stereocenters. The Morgan fingerprint density at radius 3 is 2.73 bits per heavy atom. The van der Waals surface area contributed by atoms with Crippen molar-refractivity contribution in [3.05, 3.63) is 0 Å². The molecule has 0 aromatic heterocycles. The number of nitrogens with one attached hydrogen (secondary N) is 2. The highest BCUT2D eigenvalue weighted by Crippen LogP contribution is 1.92. The summed E-state index contributed by atoms with van der Waals surface area (Å²) in [6.07, 6.45) is 0.491. The van der Waals surface area contributed by atoms with Gasteiger partial charge in [-0.15, -0.1) is 0 Å². The molecule has 0 bridgehead atoms. The van der Waals surface area contributed by atoms with E-state index < -0.39 is 11.1 Å². The van der Waals surface area contributed by atoms with Crippen LogP contribution in [0.5, 0.6) is 0 Å². The summed E-state index contributed by atoms with van der Waals surface area (Å²) in [4.78, 5) is 0. The Hall–Kier alpha value is -0.260. The lowest BCUT2D eigenvalue weighted by molar-refractivity contribution is 0.540. The van der Waals surface area contributed by atoms with Crippen molar-refractivity contribution < 1.29 is 8.76 Å². The molecule has 0 spiro atoms.